The maximum absolute atomic E-state index is 12.2. The number of hydrogen-bond donors (Lipinski definition) is 1. The molecule has 0 radical (unpaired) electrons. The fourth-order valence-electron chi connectivity index (χ4n) is 2.28. The lowest BCUT2D eigenvalue weighted by molar-refractivity contribution is -0.127. The molecule has 3 rings (SSSR count). The number of carbonyl (C=O) groups is 1. The Morgan fingerprint density at radius 1 is 1.20 bits per heavy atom. The van der Waals surface area contributed by atoms with Crippen LogP contribution < -0.4 is 10.1 Å². The molecule has 6 heteroatoms. The molecule has 1 heterocycles. The van der Waals surface area contributed by atoms with Crippen LogP contribution in [0.3, 0.4) is 0 Å². The Kier molecular flexibility index (Phi) is 5.09. The van der Waals surface area contributed by atoms with Gasteiger partial charge >= 0.3 is 0 Å². The molecular formula is C19H19N3O3. The molecule has 6 nitrogen and oxygen atoms in total. The van der Waals surface area contributed by atoms with Gasteiger partial charge in [0.05, 0.1) is 6.54 Å². The lowest BCUT2D eigenvalue weighted by Crippen LogP contribution is -2.36. The first kappa shape index (κ1) is 16.7. The molecule has 0 fully saturated rings. The Hall–Kier alpha value is -3.15. The Labute approximate surface area is 145 Å². The highest BCUT2D eigenvalue weighted by molar-refractivity contribution is 5.80. The van der Waals surface area contributed by atoms with Crippen molar-refractivity contribution in [3.05, 3.63) is 66.1 Å². The van der Waals surface area contributed by atoms with E-state index in [-0.39, 0.29) is 12.5 Å². The van der Waals surface area contributed by atoms with Gasteiger partial charge in [0.15, 0.2) is 6.10 Å². The second-order valence-corrected chi connectivity index (χ2v) is 5.67. The van der Waals surface area contributed by atoms with Crippen molar-refractivity contribution in [1.82, 2.24) is 15.5 Å². The number of nitrogens with one attached hydrogen (secondary N) is 1. The lowest BCUT2D eigenvalue weighted by atomic mass is 10.2. The molecular weight excluding hydrogens is 318 g/mol. The van der Waals surface area contributed by atoms with Gasteiger partial charge in [-0.3, -0.25) is 4.79 Å². The summed E-state index contributed by atoms with van der Waals surface area (Å²) in [6.45, 7) is 3.82. The van der Waals surface area contributed by atoms with Gasteiger partial charge in [-0.05, 0) is 31.5 Å². The second-order valence-electron chi connectivity index (χ2n) is 5.67. The average molecular weight is 337 g/mol. The lowest BCUT2D eigenvalue weighted by Gasteiger charge is -2.14. The zero-order valence-corrected chi connectivity index (χ0v) is 14.1. The molecule has 128 valence electrons. The minimum absolute atomic E-state index is 0.153. The second kappa shape index (κ2) is 7.61. The molecule has 2 aromatic carbocycles. The molecule has 0 bridgehead atoms. The summed E-state index contributed by atoms with van der Waals surface area (Å²) in [7, 11) is 0. The molecule has 1 aromatic heterocycles. The van der Waals surface area contributed by atoms with Gasteiger partial charge in [-0.25, -0.2) is 0 Å². The summed E-state index contributed by atoms with van der Waals surface area (Å²) in [5.74, 6) is 1.25. The number of aromatic nitrogens is 2. The number of rotatable bonds is 6. The molecule has 1 atom stereocenters. The van der Waals surface area contributed by atoms with Gasteiger partial charge in [-0.2, -0.15) is 4.98 Å². The maximum atomic E-state index is 12.2. The minimum atomic E-state index is -0.627. The van der Waals surface area contributed by atoms with Crippen molar-refractivity contribution in [3.8, 4) is 17.1 Å². The average Bonchev–Trinajstić information content (AvgIpc) is 3.09. The molecule has 25 heavy (non-hydrogen) atoms. The molecule has 0 aliphatic carbocycles. The number of carbonyl (C=O) groups excluding carboxylic acids is 1. The van der Waals surface area contributed by atoms with Crippen LogP contribution >= 0.6 is 0 Å². The van der Waals surface area contributed by atoms with Gasteiger partial charge in [-0.15, -0.1) is 0 Å². The van der Waals surface area contributed by atoms with Crippen molar-refractivity contribution in [1.29, 1.82) is 0 Å². The van der Waals surface area contributed by atoms with E-state index in [0.717, 1.165) is 11.1 Å². The van der Waals surface area contributed by atoms with Crippen molar-refractivity contribution in [2.45, 2.75) is 26.5 Å². The quantitative estimate of drug-likeness (QED) is 0.748. The van der Waals surface area contributed by atoms with Gasteiger partial charge in [0, 0.05) is 5.56 Å². The molecule has 0 unspecified atom stereocenters. The van der Waals surface area contributed by atoms with Crippen LogP contribution in [0.5, 0.6) is 5.75 Å². The standard InChI is InChI=1S/C19H19N3O3/c1-13-7-6-10-16(11-13)24-14(2)19(23)20-12-17-21-18(22-25-17)15-8-4-3-5-9-15/h3-11,14H,12H2,1-2H3,(H,20,23)/t14-/m0/s1. The van der Waals surface area contributed by atoms with Crippen LogP contribution in [0.25, 0.3) is 11.4 Å². The number of ether oxygens (including phenoxy) is 1. The van der Waals surface area contributed by atoms with Crippen molar-refractivity contribution < 1.29 is 14.1 Å². The number of amides is 1. The van der Waals surface area contributed by atoms with E-state index >= 15 is 0 Å². The van der Waals surface area contributed by atoms with E-state index in [2.05, 4.69) is 15.5 Å². The van der Waals surface area contributed by atoms with Gasteiger partial charge in [-0.1, -0.05) is 47.6 Å². The Bertz CT molecular complexity index is 846. The SMILES string of the molecule is Cc1cccc(O[C@@H](C)C(=O)NCc2nc(-c3ccccc3)no2)c1. The van der Waals surface area contributed by atoms with E-state index in [9.17, 15) is 4.79 Å². The summed E-state index contributed by atoms with van der Waals surface area (Å²) in [5.41, 5.74) is 1.93. The highest BCUT2D eigenvalue weighted by Gasteiger charge is 2.16. The van der Waals surface area contributed by atoms with Crippen molar-refractivity contribution in [3.63, 3.8) is 0 Å². The maximum Gasteiger partial charge on any atom is 0.261 e. The molecule has 0 saturated heterocycles. The van der Waals surface area contributed by atoms with Gasteiger partial charge < -0.3 is 14.6 Å². The zero-order chi connectivity index (χ0) is 17.6. The Morgan fingerprint density at radius 3 is 2.76 bits per heavy atom. The summed E-state index contributed by atoms with van der Waals surface area (Å²) in [6.07, 6.45) is -0.627. The fourth-order valence-corrected chi connectivity index (χ4v) is 2.28. The van der Waals surface area contributed by atoms with E-state index in [4.69, 9.17) is 9.26 Å². The fraction of sp³-hybridized carbons (Fsp3) is 0.211. The molecule has 0 spiro atoms. The highest BCUT2D eigenvalue weighted by Crippen LogP contribution is 2.15. The third kappa shape index (κ3) is 4.44. The summed E-state index contributed by atoms with van der Waals surface area (Å²) in [5, 5.41) is 6.66. The first-order chi connectivity index (χ1) is 12.1. The van der Waals surface area contributed by atoms with E-state index in [1.54, 1.807) is 6.92 Å². The van der Waals surface area contributed by atoms with Crippen molar-refractivity contribution in [2.24, 2.45) is 0 Å². The van der Waals surface area contributed by atoms with Crippen molar-refractivity contribution in [2.75, 3.05) is 0 Å². The van der Waals surface area contributed by atoms with E-state index in [0.29, 0.717) is 17.5 Å². The van der Waals surface area contributed by atoms with Crippen molar-refractivity contribution >= 4 is 5.91 Å². The highest BCUT2D eigenvalue weighted by atomic mass is 16.5. The monoisotopic (exact) mass is 337 g/mol. The minimum Gasteiger partial charge on any atom is -0.481 e. The van der Waals surface area contributed by atoms with E-state index in [1.165, 1.54) is 0 Å². The third-order valence-electron chi connectivity index (χ3n) is 3.59. The van der Waals surface area contributed by atoms with Crippen LogP contribution in [0.4, 0.5) is 0 Å². The predicted molar refractivity (Wildman–Crippen MR) is 92.8 cm³/mol. The Morgan fingerprint density at radius 2 is 2.00 bits per heavy atom. The number of nitrogens with zero attached hydrogens (tertiary/aromatic N) is 2. The first-order valence-corrected chi connectivity index (χ1v) is 8.01. The normalized spacial score (nSPS) is 11.8. The summed E-state index contributed by atoms with van der Waals surface area (Å²) in [6, 6.07) is 17.1. The number of benzene rings is 2. The topological polar surface area (TPSA) is 77.2 Å². The number of hydrogen-bond acceptors (Lipinski definition) is 5. The summed E-state index contributed by atoms with van der Waals surface area (Å²) >= 11 is 0. The van der Waals surface area contributed by atoms with Crippen LogP contribution in [0.1, 0.15) is 18.4 Å². The molecule has 3 aromatic rings. The number of aryl methyl sites for hydroxylation is 1. The zero-order valence-electron chi connectivity index (χ0n) is 14.1. The first-order valence-electron chi connectivity index (χ1n) is 8.01. The largest absolute Gasteiger partial charge is 0.481 e. The van der Waals surface area contributed by atoms with E-state index < -0.39 is 6.10 Å². The molecule has 0 aliphatic rings. The summed E-state index contributed by atoms with van der Waals surface area (Å²) in [4.78, 5) is 16.4. The van der Waals surface area contributed by atoms with Crippen LogP contribution in [0, 0.1) is 6.92 Å². The molecule has 0 aliphatic heterocycles. The van der Waals surface area contributed by atoms with Crippen LogP contribution in [-0.2, 0) is 11.3 Å². The van der Waals surface area contributed by atoms with Gasteiger partial charge in [0.1, 0.15) is 5.75 Å². The van der Waals surface area contributed by atoms with Crippen LogP contribution in [-0.4, -0.2) is 22.2 Å². The smallest absolute Gasteiger partial charge is 0.261 e. The molecule has 1 N–H and O–H groups in total. The van der Waals surface area contributed by atoms with Gasteiger partial charge in [0.25, 0.3) is 5.91 Å². The Balaban J connectivity index is 1.54. The molecule has 0 saturated carbocycles. The van der Waals surface area contributed by atoms with E-state index in [1.807, 2.05) is 61.5 Å². The van der Waals surface area contributed by atoms with Crippen LogP contribution in [0.15, 0.2) is 59.1 Å². The van der Waals surface area contributed by atoms with Gasteiger partial charge in [0.2, 0.25) is 11.7 Å². The molecule has 1 amide bonds. The third-order valence-corrected chi connectivity index (χ3v) is 3.59. The summed E-state index contributed by atoms with van der Waals surface area (Å²) < 4.78 is 10.8. The predicted octanol–water partition coefficient (Wildman–Crippen LogP) is 3.13. The van der Waals surface area contributed by atoms with Crippen LogP contribution in [0.2, 0.25) is 0 Å².